The quantitative estimate of drug-likeness (QED) is 0.451. The molecule has 2 aliphatic rings. The lowest BCUT2D eigenvalue weighted by molar-refractivity contribution is -0.136. The molecule has 2 saturated heterocycles. The van der Waals surface area contributed by atoms with E-state index >= 15 is 0 Å². The Balaban J connectivity index is 1.60. The van der Waals surface area contributed by atoms with Crippen molar-refractivity contribution in [2.45, 2.75) is 13.3 Å². The summed E-state index contributed by atoms with van der Waals surface area (Å²) in [7, 11) is 3.91. The number of nitrogens with one attached hydrogen (secondary N) is 1. The number of aryl methyl sites for hydroxylation is 1. The van der Waals surface area contributed by atoms with Gasteiger partial charge >= 0.3 is 0 Å². The van der Waals surface area contributed by atoms with E-state index in [4.69, 9.17) is 9.97 Å². The predicted octanol–water partition coefficient (Wildman–Crippen LogP) is 2.34. The monoisotopic (exact) mass is 480 g/mol. The first kappa shape index (κ1) is 23.5. The number of H-pyrrole nitrogens is 1. The maximum absolute atomic E-state index is 12.0. The molecule has 0 saturated carbocycles. The smallest absolute Gasteiger partial charge is 0.245 e. The topological polar surface area (TPSA) is 105 Å². The number of hydrogen-bond donors (Lipinski definition) is 1. The van der Waals surface area contributed by atoms with Gasteiger partial charge in [-0.25, -0.2) is 9.97 Å². The molecule has 3 aromatic rings. The molecule has 1 spiro atoms. The molecule has 1 N–H and O–H groups in total. The highest BCUT2D eigenvalue weighted by molar-refractivity contribution is 5.97. The number of rotatable bonds is 4. The molecule has 0 unspecified atom stereocenters. The summed E-state index contributed by atoms with van der Waals surface area (Å²) in [5.74, 6) is 7.17. The summed E-state index contributed by atoms with van der Waals surface area (Å²) in [6, 6.07) is 6.37. The van der Waals surface area contributed by atoms with Gasteiger partial charge < -0.3 is 9.80 Å². The average molecular weight is 481 g/mol. The summed E-state index contributed by atoms with van der Waals surface area (Å²) >= 11 is 0. The van der Waals surface area contributed by atoms with Gasteiger partial charge in [-0.05, 0) is 51.1 Å². The van der Waals surface area contributed by atoms with E-state index in [2.05, 4.69) is 39.6 Å². The normalized spacial score (nSPS) is 16.1. The molecule has 1 aromatic carbocycles. The lowest BCUT2D eigenvalue weighted by Gasteiger charge is -2.47. The Bertz CT molecular complexity index is 1460. The van der Waals surface area contributed by atoms with Crippen LogP contribution in [0.2, 0.25) is 0 Å². The molecule has 0 aliphatic carbocycles. The average Bonchev–Trinajstić information content (AvgIpc) is 3.49. The first-order valence-corrected chi connectivity index (χ1v) is 11.9. The number of fused-ring (bicyclic) bond motifs is 1. The van der Waals surface area contributed by atoms with Crippen LogP contribution in [-0.4, -0.2) is 82.7 Å². The summed E-state index contributed by atoms with van der Waals surface area (Å²) in [5.41, 5.74) is 3.74. The van der Waals surface area contributed by atoms with Gasteiger partial charge in [0.15, 0.2) is 5.82 Å². The molecule has 1 amide bonds. The molecule has 182 valence electrons. The van der Waals surface area contributed by atoms with Crippen molar-refractivity contribution in [2.24, 2.45) is 5.41 Å². The van der Waals surface area contributed by atoms with Crippen molar-refractivity contribution in [3.05, 3.63) is 47.9 Å². The Morgan fingerprint density at radius 1 is 1.31 bits per heavy atom. The zero-order chi connectivity index (χ0) is 25.4. The van der Waals surface area contributed by atoms with Crippen LogP contribution in [0.5, 0.6) is 0 Å². The number of amides is 1. The number of nitrogens with zero attached hydrogens (tertiary/aromatic N) is 7. The summed E-state index contributed by atoms with van der Waals surface area (Å²) in [6.07, 6.45) is 4.06. The molecule has 0 radical (unpaired) electrons. The van der Waals surface area contributed by atoms with E-state index in [1.54, 1.807) is 6.20 Å². The largest absolute Gasteiger partial charge is 0.355 e. The molecule has 4 heterocycles. The number of nitriles is 1. The fourth-order valence-electron chi connectivity index (χ4n) is 5.16. The van der Waals surface area contributed by atoms with E-state index in [-0.39, 0.29) is 11.3 Å². The second kappa shape index (κ2) is 9.10. The molecular weight excluding hydrogens is 452 g/mol. The Morgan fingerprint density at radius 3 is 2.83 bits per heavy atom. The van der Waals surface area contributed by atoms with Crippen LogP contribution in [0, 0.1) is 35.5 Å². The fraction of sp³-hybridized carbons (Fsp3) is 0.370. The molecule has 9 nitrogen and oxygen atoms in total. The Kier molecular flexibility index (Phi) is 5.95. The zero-order valence-electron chi connectivity index (χ0n) is 20.8. The van der Waals surface area contributed by atoms with Gasteiger partial charge in [-0.3, -0.25) is 14.8 Å². The van der Waals surface area contributed by atoms with Crippen molar-refractivity contribution >= 4 is 22.6 Å². The summed E-state index contributed by atoms with van der Waals surface area (Å²) in [5, 5.41) is 18.5. The van der Waals surface area contributed by atoms with Crippen LogP contribution in [-0.2, 0) is 4.79 Å². The minimum absolute atomic E-state index is 0.00770. The SMILES string of the molecule is C=CC(=O)N1CC2(CCN(c3nc(C#CCN(C)C)nc(-c4c(C)ccc5[nH]ncc45)c3C#N)C2)C1. The summed E-state index contributed by atoms with van der Waals surface area (Å²) in [4.78, 5) is 27.5. The second-order valence-electron chi connectivity index (χ2n) is 9.90. The number of hydrogen-bond acceptors (Lipinski definition) is 7. The first-order valence-electron chi connectivity index (χ1n) is 11.9. The van der Waals surface area contributed by atoms with Gasteiger partial charge in [0.25, 0.3) is 0 Å². The zero-order valence-corrected chi connectivity index (χ0v) is 20.8. The van der Waals surface area contributed by atoms with E-state index in [1.165, 1.54) is 6.08 Å². The molecule has 5 rings (SSSR count). The van der Waals surface area contributed by atoms with Crippen LogP contribution in [0.4, 0.5) is 5.82 Å². The van der Waals surface area contributed by atoms with E-state index in [9.17, 15) is 10.1 Å². The van der Waals surface area contributed by atoms with Gasteiger partial charge in [-0.1, -0.05) is 18.6 Å². The Hall–Kier alpha value is -4.21. The molecular formula is C27H28N8O. The van der Waals surface area contributed by atoms with Crippen LogP contribution in [0.1, 0.15) is 23.4 Å². The number of benzene rings is 1. The number of carbonyl (C=O) groups is 1. The standard InChI is InChI=1S/C27H28N8O/c1-5-23(36)35-16-27(17-35)10-12-34(15-27)26-19(13-28)25(30-22(31-26)7-6-11-33(3)4)24-18(2)8-9-21-20(24)14-29-32-21/h5,8-9,14H,1,10-12,15-17H2,2-4H3,(H,29,32). The number of anilines is 1. The third kappa shape index (κ3) is 4.08. The van der Waals surface area contributed by atoms with Crippen LogP contribution >= 0.6 is 0 Å². The van der Waals surface area contributed by atoms with Crippen molar-refractivity contribution < 1.29 is 4.79 Å². The molecule has 9 heteroatoms. The summed E-state index contributed by atoms with van der Waals surface area (Å²) < 4.78 is 0. The van der Waals surface area contributed by atoms with E-state index in [0.29, 0.717) is 42.5 Å². The van der Waals surface area contributed by atoms with E-state index in [0.717, 1.165) is 41.5 Å². The van der Waals surface area contributed by atoms with Gasteiger partial charge in [0, 0.05) is 42.5 Å². The Labute approximate surface area is 210 Å². The number of aromatic amines is 1. The lowest BCUT2D eigenvalue weighted by Crippen LogP contribution is -2.59. The van der Waals surface area contributed by atoms with Crippen molar-refractivity contribution in [3.8, 4) is 29.2 Å². The Morgan fingerprint density at radius 2 is 2.11 bits per heavy atom. The molecule has 0 atom stereocenters. The third-order valence-electron chi connectivity index (χ3n) is 6.94. The van der Waals surface area contributed by atoms with E-state index in [1.807, 2.05) is 43.0 Å². The molecule has 2 aromatic heterocycles. The second-order valence-corrected chi connectivity index (χ2v) is 9.90. The minimum Gasteiger partial charge on any atom is -0.355 e. The first-order chi connectivity index (χ1) is 17.3. The summed E-state index contributed by atoms with van der Waals surface area (Å²) in [6.45, 7) is 9.03. The van der Waals surface area contributed by atoms with Gasteiger partial charge in [-0.15, -0.1) is 0 Å². The highest BCUT2D eigenvalue weighted by atomic mass is 16.2. The molecule has 36 heavy (non-hydrogen) atoms. The van der Waals surface area contributed by atoms with Crippen LogP contribution < -0.4 is 4.90 Å². The minimum atomic E-state index is -0.0387. The fourth-order valence-corrected chi connectivity index (χ4v) is 5.16. The lowest BCUT2D eigenvalue weighted by atomic mass is 9.79. The maximum Gasteiger partial charge on any atom is 0.245 e. The number of likely N-dealkylation sites (tertiary alicyclic amines) is 1. The van der Waals surface area contributed by atoms with Gasteiger partial charge in [0.1, 0.15) is 11.6 Å². The van der Waals surface area contributed by atoms with Crippen LogP contribution in [0.15, 0.2) is 31.0 Å². The van der Waals surface area contributed by atoms with Crippen molar-refractivity contribution in [1.29, 1.82) is 5.26 Å². The third-order valence-corrected chi connectivity index (χ3v) is 6.94. The highest BCUT2D eigenvalue weighted by Gasteiger charge is 2.49. The molecule has 0 bridgehead atoms. The van der Waals surface area contributed by atoms with Crippen molar-refractivity contribution in [2.75, 3.05) is 51.7 Å². The van der Waals surface area contributed by atoms with Crippen LogP contribution in [0.3, 0.4) is 0 Å². The van der Waals surface area contributed by atoms with Crippen molar-refractivity contribution in [1.82, 2.24) is 30.0 Å². The molecule has 2 fully saturated rings. The van der Waals surface area contributed by atoms with Gasteiger partial charge in [0.05, 0.1) is 24.0 Å². The molecule has 2 aliphatic heterocycles. The number of carbonyl (C=O) groups excluding carboxylic acids is 1. The van der Waals surface area contributed by atoms with E-state index < -0.39 is 0 Å². The highest BCUT2D eigenvalue weighted by Crippen LogP contribution is 2.43. The predicted molar refractivity (Wildman–Crippen MR) is 138 cm³/mol. The number of aromatic nitrogens is 4. The van der Waals surface area contributed by atoms with Gasteiger partial charge in [-0.2, -0.15) is 10.4 Å². The van der Waals surface area contributed by atoms with Crippen LogP contribution in [0.25, 0.3) is 22.2 Å². The van der Waals surface area contributed by atoms with Crippen molar-refractivity contribution in [3.63, 3.8) is 0 Å². The van der Waals surface area contributed by atoms with Gasteiger partial charge in [0.2, 0.25) is 11.7 Å². The maximum atomic E-state index is 12.0.